The molecule has 1 aromatic heterocycles. The van der Waals surface area contributed by atoms with Gasteiger partial charge in [-0.25, -0.2) is 4.98 Å². The van der Waals surface area contributed by atoms with Gasteiger partial charge in [-0.15, -0.1) is 11.3 Å². The number of nitrogens with one attached hydrogen (secondary N) is 1. The van der Waals surface area contributed by atoms with E-state index in [-0.39, 0.29) is 0 Å². The summed E-state index contributed by atoms with van der Waals surface area (Å²) in [7, 11) is 1.85. The predicted molar refractivity (Wildman–Crippen MR) is 85.2 cm³/mol. The van der Waals surface area contributed by atoms with Crippen molar-refractivity contribution in [2.24, 2.45) is 4.99 Å². The fourth-order valence-corrected chi connectivity index (χ4v) is 3.99. The van der Waals surface area contributed by atoms with Crippen molar-refractivity contribution in [3.05, 3.63) is 16.1 Å². The highest BCUT2D eigenvalue weighted by molar-refractivity contribution is 8.00. The smallest absolute Gasteiger partial charge is 0.194 e. The SMILES string of the molecule is CN=C(NCc1nc(C)cs1)N1CCSC(C)(C)C1. The van der Waals surface area contributed by atoms with E-state index in [0.717, 1.165) is 42.0 Å². The second-order valence-electron chi connectivity index (χ2n) is 5.31. The minimum atomic E-state index is 0.299. The molecule has 0 saturated carbocycles. The topological polar surface area (TPSA) is 40.5 Å². The highest BCUT2D eigenvalue weighted by Crippen LogP contribution is 2.29. The molecule has 106 valence electrons. The maximum absolute atomic E-state index is 4.47. The van der Waals surface area contributed by atoms with E-state index < -0.39 is 0 Å². The molecule has 0 amide bonds. The van der Waals surface area contributed by atoms with Crippen LogP contribution in [0.5, 0.6) is 0 Å². The van der Waals surface area contributed by atoms with E-state index in [1.165, 1.54) is 0 Å². The minimum Gasteiger partial charge on any atom is -0.350 e. The predicted octanol–water partition coefficient (Wildman–Crippen LogP) is 2.35. The van der Waals surface area contributed by atoms with Gasteiger partial charge in [0.1, 0.15) is 5.01 Å². The van der Waals surface area contributed by atoms with Gasteiger partial charge in [-0.3, -0.25) is 4.99 Å². The first-order valence-electron chi connectivity index (χ1n) is 6.51. The average Bonchev–Trinajstić information content (AvgIpc) is 2.75. The molecule has 1 aliphatic rings. The Balaban J connectivity index is 1.93. The third-order valence-electron chi connectivity index (χ3n) is 3.00. The van der Waals surface area contributed by atoms with Crippen LogP contribution in [0.25, 0.3) is 0 Å². The number of hydrogen-bond donors (Lipinski definition) is 1. The van der Waals surface area contributed by atoms with E-state index in [1.54, 1.807) is 11.3 Å². The summed E-state index contributed by atoms with van der Waals surface area (Å²) in [5, 5.41) is 6.62. The van der Waals surface area contributed by atoms with Crippen LogP contribution in [0.1, 0.15) is 24.5 Å². The summed E-state index contributed by atoms with van der Waals surface area (Å²) in [6.07, 6.45) is 0. The summed E-state index contributed by atoms with van der Waals surface area (Å²) in [6, 6.07) is 0. The third-order valence-corrected chi connectivity index (χ3v) is 5.27. The summed E-state index contributed by atoms with van der Waals surface area (Å²) in [4.78, 5) is 11.2. The molecular weight excluding hydrogens is 276 g/mol. The quantitative estimate of drug-likeness (QED) is 0.672. The lowest BCUT2D eigenvalue weighted by molar-refractivity contribution is 0.375. The van der Waals surface area contributed by atoms with Gasteiger partial charge in [0.25, 0.3) is 0 Å². The number of aliphatic imine (C=N–C) groups is 1. The molecule has 2 heterocycles. The Bertz CT molecular complexity index is 453. The number of aryl methyl sites for hydroxylation is 1. The lowest BCUT2D eigenvalue weighted by Crippen LogP contribution is -2.50. The summed E-state index contributed by atoms with van der Waals surface area (Å²) in [5.41, 5.74) is 1.09. The van der Waals surface area contributed by atoms with Crippen LogP contribution in [0.2, 0.25) is 0 Å². The lowest BCUT2D eigenvalue weighted by atomic mass is 10.2. The number of rotatable bonds is 2. The largest absolute Gasteiger partial charge is 0.350 e. The van der Waals surface area contributed by atoms with Gasteiger partial charge in [0, 0.05) is 41.7 Å². The van der Waals surface area contributed by atoms with E-state index in [1.807, 2.05) is 25.7 Å². The Morgan fingerprint density at radius 2 is 2.37 bits per heavy atom. The van der Waals surface area contributed by atoms with Crippen LogP contribution < -0.4 is 5.32 Å². The molecule has 0 aromatic carbocycles. The fraction of sp³-hybridized carbons (Fsp3) is 0.692. The van der Waals surface area contributed by atoms with Crippen molar-refractivity contribution in [2.45, 2.75) is 32.1 Å². The first kappa shape index (κ1) is 14.7. The number of thiazole rings is 1. The number of nitrogens with zero attached hydrogens (tertiary/aromatic N) is 3. The number of hydrogen-bond acceptors (Lipinski definition) is 4. The third kappa shape index (κ3) is 4.11. The van der Waals surface area contributed by atoms with Crippen LogP contribution in [-0.4, -0.2) is 46.5 Å². The van der Waals surface area contributed by atoms with Crippen LogP contribution in [0.15, 0.2) is 10.4 Å². The Morgan fingerprint density at radius 3 is 2.95 bits per heavy atom. The van der Waals surface area contributed by atoms with Crippen molar-refractivity contribution in [2.75, 3.05) is 25.9 Å². The summed E-state index contributed by atoms with van der Waals surface area (Å²) < 4.78 is 0.299. The van der Waals surface area contributed by atoms with Gasteiger partial charge in [-0.05, 0) is 20.8 Å². The average molecular weight is 298 g/mol. The molecule has 1 fully saturated rings. The molecule has 0 radical (unpaired) electrons. The Labute approximate surface area is 123 Å². The minimum absolute atomic E-state index is 0.299. The van der Waals surface area contributed by atoms with Crippen LogP contribution in [0, 0.1) is 6.92 Å². The fourth-order valence-electron chi connectivity index (χ4n) is 2.17. The Kier molecular flexibility index (Phi) is 4.73. The van der Waals surface area contributed by atoms with E-state index in [0.29, 0.717) is 4.75 Å². The Hall–Kier alpha value is -0.750. The van der Waals surface area contributed by atoms with Crippen LogP contribution in [0.3, 0.4) is 0 Å². The molecule has 0 bridgehead atoms. The van der Waals surface area contributed by atoms with Crippen molar-refractivity contribution >= 4 is 29.1 Å². The molecule has 2 rings (SSSR count). The normalized spacial score (nSPS) is 19.6. The van der Waals surface area contributed by atoms with Gasteiger partial charge in [-0.1, -0.05) is 0 Å². The summed E-state index contributed by atoms with van der Waals surface area (Å²) >= 11 is 3.73. The monoisotopic (exact) mass is 298 g/mol. The van der Waals surface area contributed by atoms with E-state index in [9.17, 15) is 0 Å². The molecular formula is C13H22N4S2. The van der Waals surface area contributed by atoms with Gasteiger partial charge >= 0.3 is 0 Å². The van der Waals surface area contributed by atoms with Crippen molar-refractivity contribution in [1.29, 1.82) is 0 Å². The van der Waals surface area contributed by atoms with E-state index in [2.05, 4.69) is 39.4 Å². The van der Waals surface area contributed by atoms with Crippen LogP contribution >= 0.6 is 23.1 Å². The maximum atomic E-state index is 4.47. The van der Waals surface area contributed by atoms with Gasteiger partial charge < -0.3 is 10.2 Å². The van der Waals surface area contributed by atoms with Gasteiger partial charge in [-0.2, -0.15) is 11.8 Å². The molecule has 1 saturated heterocycles. The molecule has 0 spiro atoms. The van der Waals surface area contributed by atoms with Crippen molar-refractivity contribution in [3.8, 4) is 0 Å². The second kappa shape index (κ2) is 6.13. The molecule has 19 heavy (non-hydrogen) atoms. The zero-order valence-corrected chi connectivity index (χ0v) is 13.7. The van der Waals surface area contributed by atoms with Gasteiger partial charge in [0.15, 0.2) is 5.96 Å². The molecule has 6 heteroatoms. The van der Waals surface area contributed by atoms with Crippen LogP contribution in [-0.2, 0) is 6.54 Å². The molecule has 0 aliphatic carbocycles. The first-order chi connectivity index (χ1) is 9.00. The van der Waals surface area contributed by atoms with E-state index >= 15 is 0 Å². The Morgan fingerprint density at radius 1 is 1.58 bits per heavy atom. The second-order valence-corrected chi connectivity index (χ2v) is 8.06. The highest BCUT2D eigenvalue weighted by Gasteiger charge is 2.28. The van der Waals surface area contributed by atoms with Crippen molar-refractivity contribution in [3.63, 3.8) is 0 Å². The zero-order valence-electron chi connectivity index (χ0n) is 12.1. The molecule has 4 nitrogen and oxygen atoms in total. The van der Waals surface area contributed by atoms with Gasteiger partial charge in [0.2, 0.25) is 0 Å². The standard InChI is InChI=1S/C13H22N4S2/c1-10-8-18-11(16-10)7-15-12(14-4)17-5-6-19-13(2,3)9-17/h8H,5-7,9H2,1-4H3,(H,14,15). The summed E-state index contributed by atoms with van der Waals surface area (Å²) in [5.74, 6) is 2.14. The van der Waals surface area contributed by atoms with Gasteiger partial charge in [0.05, 0.1) is 6.54 Å². The van der Waals surface area contributed by atoms with Crippen molar-refractivity contribution in [1.82, 2.24) is 15.2 Å². The van der Waals surface area contributed by atoms with E-state index in [4.69, 9.17) is 0 Å². The zero-order chi connectivity index (χ0) is 13.9. The molecule has 0 atom stereocenters. The van der Waals surface area contributed by atoms with Crippen molar-refractivity contribution < 1.29 is 0 Å². The molecule has 0 unspecified atom stereocenters. The number of aromatic nitrogens is 1. The first-order valence-corrected chi connectivity index (χ1v) is 8.37. The summed E-state index contributed by atoms with van der Waals surface area (Å²) in [6.45, 7) is 9.47. The molecule has 1 aromatic rings. The maximum Gasteiger partial charge on any atom is 0.194 e. The molecule has 1 N–H and O–H groups in total. The highest BCUT2D eigenvalue weighted by atomic mass is 32.2. The molecule has 1 aliphatic heterocycles. The lowest BCUT2D eigenvalue weighted by Gasteiger charge is -2.39. The van der Waals surface area contributed by atoms with Crippen LogP contribution in [0.4, 0.5) is 0 Å². The number of thioether (sulfide) groups is 1. The number of guanidine groups is 1.